The number of ether oxygens (including phenoxy) is 1. The Labute approximate surface area is 126 Å². The van der Waals surface area contributed by atoms with Crippen molar-refractivity contribution in [1.29, 1.82) is 0 Å². The summed E-state index contributed by atoms with van der Waals surface area (Å²) in [5, 5.41) is 19.1. The lowest BCUT2D eigenvalue weighted by Gasteiger charge is -2.13. The Morgan fingerprint density at radius 1 is 1.33 bits per heavy atom. The Morgan fingerprint density at radius 2 is 2.05 bits per heavy atom. The van der Waals surface area contributed by atoms with Crippen LogP contribution in [0.1, 0.15) is 38.7 Å². The molecule has 0 aliphatic rings. The highest BCUT2D eigenvalue weighted by atomic mass is 16.5. The maximum absolute atomic E-state index is 11.5. The van der Waals surface area contributed by atoms with Crippen LogP contribution in [0.15, 0.2) is 24.3 Å². The Balaban J connectivity index is 3.04. The van der Waals surface area contributed by atoms with Gasteiger partial charge in [0.05, 0.1) is 7.11 Å². The number of carbonyl (C=O) groups excluding carboxylic acids is 1. The van der Waals surface area contributed by atoms with Crippen molar-refractivity contribution in [3.05, 3.63) is 29.8 Å². The number of Topliss-reactive ketones (excluding diaryl/α,β-unsaturated/α-hetero) is 1. The maximum Gasteiger partial charge on any atom is 0.161 e. The molecule has 0 saturated carbocycles. The molecule has 1 atom stereocenters. The fourth-order valence-electron chi connectivity index (χ4n) is 2.19. The molecule has 4 heteroatoms. The number of carbonyl (C=O) groups is 1. The normalized spacial score (nSPS) is 13.0. The summed E-state index contributed by atoms with van der Waals surface area (Å²) < 4.78 is 5.11. The number of aromatic hydroxyl groups is 1. The minimum atomic E-state index is -0.174. The van der Waals surface area contributed by atoms with E-state index in [-0.39, 0.29) is 24.1 Å². The molecule has 1 aromatic rings. The van der Waals surface area contributed by atoms with E-state index in [1.807, 2.05) is 26.0 Å². The quantitative estimate of drug-likeness (QED) is 0.772. The molecule has 0 aliphatic heterocycles. The third kappa shape index (κ3) is 4.90. The zero-order valence-corrected chi connectivity index (χ0v) is 12.9. The summed E-state index contributed by atoms with van der Waals surface area (Å²) in [6.45, 7) is 3.79. The van der Waals surface area contributed by atoms with Gasteiger partial charge in [-0.15, -0.1) is 0 Å². The minimum Gasteiger partial charge on any atom is -0.504 e. The second kappa shape index (κ2) is 8.47. The smallest absolute Gasteiger partial charge is 0.161 e. The standard InChI is InChI=1S/C17H24O4/c1-4-13(8-12(11-18)9-15(19)5-2)14-6-7-16(20)17(10-14)21-3/h6-8,10,12,18,20H,4-5,9,11H2,1-3H3. The van der Waals surface area contributed by atoms with Crippen molar-refractivity contribution in [2.45, 2.75) is 33.1 Å². The lowest BCUT2D eigenvalue weighted by Crippen LogP contribution is -2.10. The van der Waals surface area contributed by atoms with Gasteiger partial charge in [0, 0.05) is 25.4 Å². The van der Waals surface area contributed by atoms with E-state index in [9.17, 15) is 15.0 Å². The molecule has 0 radical (unpaired) electrons. The SMILES string of the molecule is CCC(=O)CC(C=C(CC)c1ccc(O)c(OC)c1)CO. The number of benzene rings is 1. The van der Waals surface area contributed by atoms with Gasteiger partial charge in [-0.3, -0.25) is 4.79 Å². The topological polar surface area (TPSA) is 66.8 Å². The first-order chi connectivity index (χ1) is 10.0. The van der Waals surface area contributed by atoms with E-state index in [2.05, 4.69) is 0 Å². The highest BCUT2D eigenvalue weighted by Crippen LogP contribution is 2.31. The Hall–Kier alpha value is -1.81. The number of phenolic OH excluding ortho intramolecular Hbond substituents is 1. The predicted octanol–water partition coefficient (Wildman–Crippen LogP) is 3.17. The predicted molar refractivity (Wildman–Crippen MR) is 83.4 cm³/mol. The summed E-state index contributed by atoms with van der Waals surface area (Å²) in [5.41, 5.74) is 1.95. The first-order valence-corrected chi connectivity index (χ1v) is 7.26. The van der Waals surface area contributed by atoms with E-state index in [0.717, 1.165) is 17.6 Å². The molecule has 0 bridgehead atoms. The van der Waals surface area contributed by atoms with Crippen molar-refractivity contribution in [1.82, 2.24) is 0 Å². The molecule has 0 saturated heterocycles. The molecule has 0 amide bonds. The summed E-state index contributed by atoms with van der Waals surface area (Å²) in [7, 11) is 1.50. The van der Waals surface area contributed by atoms with Gasteiger partial charge in [-0.05, 0) is 29.7 Å². The van der Waals surface area contributed by atoms with Crippen LogP contribution in [0.2, 0.25) is 0 Å². The van der Waals surface area contributed by atoms with Crippen LogP contribution >= 0.6 is 0 Å². The maximum atomic E-state index is 11.5. The number of rotatable bonds is 8. The molecule has 1 aromatic carbocycles. The Kier molecular flexibility index (Phi) is 6.96. The van der Waals surface area contributed by atoms with Gasteiger partial charge >= 0.3 is 0 Å². The van der Waals surface area contributed by atoms with Crippen LogP contribution in [0.25, 0.3) is 5.57 Å². The van der Waals surface area contributed by atoms with Crippen molar-refractivity contribution in [2.24, 2.45) is 5.92 Å². The number of phenols is 1. The highest BCUT2D eigenvalue weighted by molar-refractivity contribution is 5.79. The molecule has 2 N–H and O–H groups in total. The van der Waals surface area contributed by atoms with E-state index >= 15 is 0 Å². The van der Waals surface area contributed by atoms with Crippen LogP contribution in [0, 0.1) is 5.92 Å². The van der Waals surface area contributed by atoms with Gasteiger partial charge in [-0.25, -0.2) is 0 Å². The lowest BCUT2D eigenvalue weighted by molar-refractivity contribution is -0.119. The molecule has 21 heavy (non-hydrogen) atoms. The van der Waals surface area contributed by atoms with Gasteiger partial charge in [0.15, 0.2) is 11.5 Å². The van der Waals surface area contributed by atoms with Crippen LogP contribution in [-0.4, -0.2) is 29.7 Å². The fraction of sp³-hybridized carbons (Fsp3) is 0.471. The number of hydrogen-bond acceptors (Lipinski definition) is 4. The molecule has 116 valence electrons. The van der Waals surface area contributed by atoms with Crippen LogP contribution < -0.4 is 4.74 Å². The van der Waals surface area contributed by atoms with Crippen molar-refractivity contribution in [3.63, 3.8) is 0 Å². The average Bonchev–Trinajstić information content (AvgIpc) is 2.51. The van der Waals surface area contributed by atoms with Gasteiger partial charge in [-0.2, -0.15) is 0 Å². The largest absolute Gasteiger partial charge is 0.504 e. The monoisotopic (exact) mass is 292 g/mol. The number of methoxy groups -OCH3 is 1. The molecule has 0 spiro atoms. The van der Waals surface area contributed by atoms with Gasteiger partial charge in [-0.1, -0.05) is 26.0 Å². The Bertz CT molecular complexity index is 506. The fourth-order valence-corrected chi connectivity index (χ4v) is 2.19. The molecule has 0 fully saturated rings. The number of hydrogen-bond donors (Lipinski definition) is 2. The second-order valence-corrected chi connectivity index (χ2v) is 4.97. The van der Waals surface area contributed by atoms with Crippen LogP contribution in [0.4, 0.5) is 0 Å². The number of aliphatic hydroxyl groups excluding tert-OH is 1. The van der Waals surface area contributed by atoms with E-state index in [1.54, 1.807) is 12.1 Å². The molecule has 1 unspecified atom stereocenters. The van der Waals surface area contributed by atoms with Gasteiger partial charge in [0.25, 0.3) is 0 Å². The lowest BCUT2D eigenvalue weighted by atomic mass is 9.94. The Morgan fingerprint density at radius 3 is 2.57 bits per heavy atom. The average molecular weight is 292 g/mol. The number of allylic oxidation sites excluding steroid dienone is 1. The first kappa shape index (κ1) is 17.2. The zero-order chi connectivity index (χ0) is 15.8. The molecule has 0 aliphatic carbocycles. The highest BCUT2D eigenvalue weighted by Gasteiger charge is 2.12. The summed E-state index contributed by atoms with van der Waals surface area (Å²) in [6, 6.07) is 5.16. The molecular weight excluding hydrogens is 268 g/mol. The molecule has 4 nitrogen and oxygen atoms in total. The van der Waals surface area contributed by atoms with Crippen LogP contribution in [0.5, 0.6) is 11.5 Å². The third-order valence-electron chi connectivity index (χ3n) is 3.49. The van der Waals surface area contributed by atoms with E-state index in [4.69, 9.17) is 4.74 Å². The molecule has 0 aromatic heterocycles. The van der Waals surface area contributed by atoms with E-state index < -0.39 is 0 Å². The minimum absolute atomic E-state index is 0.0511. The van der Waals surface area contributed by atoms with Crippen molar-refractivity contribution in [3.8, 4) is 11.5 Å². The number of ketones is 1. The summed E-state index contributed by atoms with van der Waals surface area (Å²) in [5.74, 6) is 0.477. The van der Waals surface area contributed by atoms with Crippen LogP contribution in [-0.2, 0) is 4.79 Å². The van der Waals surface area contributed by atoms with Gasteiger partial charge in [0.1, 0.15) is 5.78 Å². The molecule has 1 rings (SSSR count). The third-order valence-corrected chi connectivity index (χ3v) is 3.49. The summed E-state index contributed by atoms with van der Waals surface area (Å²) >= 11 is 0. The zero-order valence-electron chi connectivity index (χ0n) is 12.9. The summed E-state index contributed by atoms with van der Waals surface area (Å²) in [4.78, 5) is 11.5. The van der Waals surface area contributed by atoms with Crippen LogP contribution in [0.3, 0.4) is 0 Å². The molecular formula is C17H24O4. The van der Waals surface area contributed by atoms with Crippen molar-refractivity contribution in [2.75, 3.05) is 13.7 Å². The van der Waals surface area contributed by atoms with Crippen molar-refractivity contribution >= 4 is 11.4 Å². The molecule has 0 heterocycles. The summed E-state index contributed by atoms with van der Waals surface area (Å²) in [6.07, 6.45) is 3.55. The number of aliphatic hydroxyl groups is 1. The second-order valence-electron chi connectivity index (χ2n) is 4.97. The first-order valence-electron chi connectivity index (χ1n) is 7.26. The van der Waals surface area contributed by atoms with E-state index in [0.29, 0.717) is 18.6 Å². The van der Waals surface area contributed by atoms with Gasteiger partial charge in [0.2, 0.25) is 0 Å². The van der Waals surface area contributed by atoms with Crippen molar-refractivity contribution < 1.29 is 19.7 Å². The van der Waals surface area contributed by atoms with E-state index in [1.165, 1.54) is 7.11 Å². The van der Waals surface area contributed by atoms with Gasteiger partial charge < -0.3 is 14.9 Å².